The Morgan fingerprint density at radius 1 is 0.818 bits per heavy atom. The first-order valence-electron chi connectivity index (χ1n) is 8.57. The van der Waals surface area contributed by atoms with Gasteiger partial charge in [0.15, 0.2) is 0 Å². The van der Waals surface area contributed by atoms with Gasteiger partial charge < -0.3 is 9.66 Å². The number of unbranched alkanes of at least 4 members (excludes halogenated alkanes) is 9. The van der Waals surface area contributed by atoms with Crippen LogP contribution in [-0.4, -0.2) is 29.9 Å². The molecule has 4 nitrogen and oxygen atoms in total. The van der Waals surface area contributed by atoms with Gasteiger partial charge in [-0.15, -0.1) is 0 Å². The fourth-order valence-corrected chi connectivity index (χ4v) is 3.04. The van der Waals surface area contributed by atoms with Gasteiger partial charge in [-0.3, -0.25) is 0 Å². The molecule has 1 N–H and O–H groups in total. The maximum atomic E-state index is 10.4. The van der Waals surface area contributed by atoms with Crippen LogP contribution in [0.3, 0.4) is 0 Å². The topological polar surface area (TPSA) is 77.4 Å². The number of aliphatic hydroxyl groups is 1. The van der Waals surface area contributed by atoms with Crippen molar-refractivity contribution in [2.24, 2.45) is 0 Å². The van der Waals surface area contributed by atoms with Crippen LogP contribution in [0.4, 0.5) is 0 Å². The molecule has 0 rings (SSSR count). The molecule has 0 bridgehead atoms. The number of rotatable bonds is 15. The molecule has 0 aliphatic carbocycles. The molecule has 0 spiro atoms. The largest absolute Gasteiger partial charge is 1.00 e. The Morgan fingerprint density at radius 3 is 1.68 bits per heavy atom. The molecule has 0 aromatic heterocycles. The molecule has 1 atom stereocenters. The Bertz CT molecular complexity index is 320. The Labute approximate surface area is 159 Å². The van der Waals surface area contributed by atoms with E-state index in [1.165, 1.54) is 25.7 Å². The van der Waals surface area contributed by atoms with Crippen LogP contribution < -0.4 is 29.6 Å². The predicted octanol–water partition coefficient (Wildman–Crippen LogP) is 0.988. The van der Waals surface area contributed by atoms with E-state index >= 15 is 0 Å². The van der Waals surface area contributed by atoms with Gasteiger partial charge in [0.25, 0.3) is 0 Å². The molecule has 0 aromatic rings. The predicted molar refractivity (Wildman–Crippen MR) is 86.3 cm³/mol. The summed E-state index contributed by atoms with van der Waals surface area (Å²) in [5, 5.41) is 9.70. The van der Waals surface area contributed by atoms with E-state index in [4.69, 9.17) is 0 Å². The zero-order valence-electron chi connectivity index (χ0n) is 14.6. The van der Waals surface area contributed by atoms with Crippen LogP contribution in [0.25, 0.3) is 0 Å². The summed E-state index contributed by atoms with van der Waals surface area (Å²) in [6.45, 7) is 2.15. The molecular formula is C16H33NaO4S. The zero-order chi connectivity index (χ0) is 16.0. The van der Waals surface area contributed by atoms with Gasteiger partial charge in [-0.05, 0) is 19.3 Å². The Morgan fingerprint density at radius 2 is 1.23 bits per heavy atom. The minimum absolute atomic E-state index is 0. The third-order valence-corrected chi connectivity index (χ3v) is 4.61. The summed E-state index contributed by atoms with van der Waals surface area (Å²) in [5.74, 6) is -0.215. The van der Waals surface area contributed by atoms with Crippen LogP contribution in [0.5, 0.6) is 0 Å². The van der Waals surface area contributed by atoms with E-state index in [0.717, 1.165) is 51.4 Å². The molecule has 0 heterocycles. The van der Waals surface area contributed by atoms with Crippen molar-refractivity contribution in [1.29, 1.82) is 0 Å². The summed E-state index contributed by atoms with van der Waals surface area (Å²) in [6.07, 6.45) is 13.4. The quantitative estimate of drug-likeness (QED) is 0.273. The molecule has 22 heavy (non-hydrogen) atoms. The van der Waals surface area contributed by atoms with Crippen molar-refractivity contribution in [3.8, 4) is 0 Å². The first kappa shape index (κ1) is 25.1. The Balaban J connectivity index is 0. The van der Waals surface area contributed by atoms with Gasteiger partial charge in [-0.1, -0.05) is 71.1 Å². The SMILES string of the molecule is CCCCC(O)CCCCCCCCCCCS(=O)(=O)[O-].[Na+]. The molecular weight excluding hydrogens is 311 g/mol. The van der Waals surface area contributed by atoms with E-state index < -0.39 is 10.1 Å². The van der Waals surface area contributed by atoms with Gasteiger partial charge >= 0.3 is 29.6 Å². The van der Waals surface area contributed by atoms with Gasteiger partial charge in [0, 0.05) is 5.75 Å². The summed E-state index contributed by atoms with van der Waals surface area (Å²) in [5.41, 5.74) is 0. The van der Waals surface area contributed by atoms with E-state index in [0.29, 0.717) is 6.42 Å². The van der Waals surface area contributed by atoms with Crippen molar-refractivity contribution in [3.63, 3.8) is 0 Å². The zero-order valence-corrected chi connectivity index (χ0v) is 17.4. The van der Waals surface area contributed by atoms with Crippen molar-refractivity contribution >= 4 is 10.1 Å². The molecule has 6 heteroatoms. The molecule has 0 fully saturated rings. The van der Waals surface area contributed by atoms with Gasteiger partial charge in [0.1, 0.15) is 0 Å². The first-order valence-corrected chi connectivity index (χ1v) is 10.1. The van der Waals surface area contributed by atoms with Crippen molar-refractivity contribution in [2.75, 3.05) is 5.75 Å². The normalized spacial score (nSPS) is 12.9. The van der Waals surface area contributed by atoms with Crippen LogP contribution in [-0.2, 0) is 10.1 Å². The summed E-state index contributed by atoms with van der Waals surface area (Å²) in [7, 11) is -4.02. The fourth-order valence-electron chi connectivity index (χ4n) is 2.48. The second-order valence-corrected chi connectivity index (χ2v) is 7.55. The van der Waals surface area contributed by atoms with E-state index in [2.05, 4.69) is 6.92 Å². The summed E-state index contributed by atoms with van der Waals surface area (Å²) >= 11 is 0. The summed E-state index contributed by atoms with van der Waals surface area (Å²) in [4.78, 5) is 0. The maximum Gasteiger partial charge on any atom is 1.00 e. The minimum Gasteiger partial charge on any atom is -0.748 e. The van der Waals surface area contributed by atoms with Crippen molar-refractivity contribution < 1.29 is 47.6 Å². The number of hydrogen-bond donors (Lipinski definition) is 1. The Hall–Kier alpha value is 0.870. The minimum atomic E-state index is -4.02. The Kier molecular flexibility index (Phi) is 19.1. The molecule has 0 saturated carbocycles. The van der Waals surface area contributed by atoms with Crippen LogP contribution in [0.2, 0.25) is 0 Å². The third kappa shape index (κ3) is 20.9. The van der Waals surface area contributed by atoms with Crippen molar-refractivity contribution in [3.05, 3.63) is 0 Å². The van der Waals surface area contributed by atoms with Gasteiger partial charge in [-0.2, -0.15) is 0 Å². The van der Waals surface area contributed by atoms with Gasteiger partial charge in [0.05, 0.1) is 16.2 Å². The molecule has 1 unspecified atom stereocenters. The average Bonchev–Trinajstić information content (AvgIpc) is 2.41. The second kappa shape index (κ2) is 16.7. The molecule has 0 amide bonds. The first-order chi connectivity index (χ1) is 9.95. The van der Waals surface area contributed by atoms with Crippen LogP contribution in [0.15, 0.2) is 0 Å². The molecule has 0 aliphatic heterocycles. The van der Waals surface area contributed by atoms with Crippen LogP contribution >= 0.6 is 0 Å². The van der Waals surface area contributed by atoms with Crippen molar-refractivity contribution in [1.82, 2.24) is 0 Å². The standard InChI is InChI=1S/C16H34O4S.Na/c1-2-3-13-16(17)14-11-9-7-5-4-6-8-10-12-15-21(18,19)20;/h16-17H,2-15H2,1H3,(H,18,19,20);/q;+1/p-1. The van der Waals surface area contributed by atoms with E-state index in [9.17, 15) is 18.1 Å². The van der Waals surface area contributed by atoms with E-state index in [-0.39, 0.29) is 41.4 Å². The number of hydrogen-bond acceptors (Lipinski definition) is 4. The molecule has 0 radical (unpaired) electrons. The molecule has 0 aliphatic rings. The monoisotopic (exact) mass is 344 g/mol. The van der Waals surface area contributed by atoms with Crippen molar-refractivity contribution in [2.45, 2.75) is 96.5 Å². The van der Waals surface area contributed by atoms with Gasteiger partial charge in [0.2, 0.25) is 0 Å². The van der Waals surface area contributed by atoms with Crippen LogP contribution in [0.1, 0.15) is 90.4 Å². The van der Waals surface area contributed by atoms with Crippen LogP contribution in [0, 0.1) is 0 Å². The third-order valence-electron chi connectivity index (χ3n) is 3.82. The second-order valence-electron chi connectivity index (χ2n) is 6.03. The number of aliphatic hydroxyl groups excluding tert-OH is 1. The molecule has 0 saturated heterocycles. The smallest absolute Gasteiger partial charge is 0.748 e. The average molecular weight is 344 g/mol. The maximum absolute atomic E-state index is 10.4. The van der Waals surface area contributed by atoms with Gasteiger partial charge in [-0.25, -0.2) is 8.42 Å². The fraction of sp³-hybridized carbons (Fsp3) is 1.00. The van der Waals surface area contributed by atoms with E-state index in [1.807, 2.05) is 0 Å². The molecule has 128 valence electrons. The summed E-state index contributed by atoms with van der Waals surface area (Å²) < 4.78 is 31.2. The van der Waals surface area contributed by atoms with E-state index in [1.54, 1.807) is 0 Å². The molecule has 0 aromatic carbocycles. The summed E-state index contributed by atoms with van der Waals surface area (Å²) in [6, 6.07) is 0.